The minimum absolute atomic E-state index is 0.283. The van der Waals surface area contributed by atoms with E-state index in [0.29, 0.717) is 6.54 Å². The Morgan fingerprint density at radius 1 is 1.24 bits per heavy atom. The molecule has 4 heteroatoms. The average molecular weight is 292 g/mol. The summed E-state index contributed by atoms with van der Waals surface area (Å²) in [6, 6.07) is 8.72. The molecule has 4 nitrogen and oxygen atoms in total. The maximum atomic E-state index is 9.00. The normalized spacial score (nSPS) is 15.2. The van der Waals surface area contributed by atoms with Crippen molar-refractivity contribution in [2.24, 2.45) is 5.73 Å². The molecule has 0 unspecified atom stereocenters. The van der Waals surface area contributed by atoms with Crippen molar-refractivity contribution in [3.63, 3.8) is 0 Å². The molecule has 0 amide bonds. The second-order valence-electron chi connectivity index (χ2n) is 5.75. The standard InChI is InChI=1S/C17H28N2O2/c18-14-15-5-1-8-17(13-15)21-12-4-10-19(9-3-11-20)16-6-2-7-16/h1,5,8,13,16,20H,2-4,6-7,9-12,14,18H2. The lowest BCUT2D eigenvalue weighted by atomic mass is 9.91. The zero-order valence-corrected chi connectivity index (χ0v) is 12.8. The van der Waals surface area contributed by atoms with Crippen LogP contribution in [0.4, 0.5) is 0 Å². The highest BCUT2D eigenvalue weighted by atomic mass is 16.5. The highest BCUT2D eigenvalue weighted by Gasteiger charge is 2.23. The van der Waals surface area contributed by atoms with Gasteiger partial charge in [-0.3, -0.25) is 0 Å². The third kappa shape index (κ3) is 5.30. The van der Waals surface area contributed by atoms with Crippen molar-refractivity contribution >= 4 is 0 Å². The molecular formula is C17H28N2O2. The van der Waals surface area contributed by atoms with Crippen LogP contribution in [0.2, 0.25) is 0 Å². The fraction of sp³-hybridized carbons (Fsp3) is 0.647. The van der Waals surface area contributed by atoms with E-state index in [1.54, 1.807) is 0 Å². The predicted octanol–water partition coefficient (Wildman–Crippen LogP) is 2.15. The molecule has 1 fully saturated rings. The van der Waals surface area contributed by atoms with Crippen LogP contribution in [0.25, 0.3) is 0 Å². The van der Waals surface area contributed by atoms with Gasteiger partial charge in [0.25, 0.3) is 0 Å². The van der Waals surface area contributed by atoms with Gasteiger partial charge in [0.05, 0.1) is 6.61 Å². The number of nitrogens with zero attached hydrogens (tertiary/aromatic N) is 1. The Morgan fingerprint density at radius 3 is 2.71 bits per heavy atom. The van der Waals surface area contributed by atoms with Gasteiger partial charge in [-0.25, -0.2) is 0 Å². The summed E-state index contributed by atoms with van der Waals surface area (Å²) in [5, 5.41) is 9.00. The minimum Gasteiger partial charge on any atom is -0.494 e. The van der Waals surface area contributed by atoms with Crippen LogP contribution in [0, 0.1) is 0 Å². The van der Waals surface area contributed by atoms with E-state index >= 15 is 0 Å². The first kappa shape index (κ1) is 16.3. The SMILES string of the molecule is NCc1cccc(OCCCN(CCCO)C2CCC2)c1. The molecule has 118 valence electrons. The second kappa shape index (κ2) is 9.03. The van der Waals surface area contributed by atoms with Crippen molar-refractivity contribution in [1.82, 2.24) is 4.90 Å². The molecule has 1 aliphatic carbocycles. The molecule has 1 saturated carbocycles. The minimum atomic E-state index is 0.283. The summed E-state index contributed by atoms with van der Waals surface area (Å²) in [4.78, 5) is 2.51. The molecular weight excluding hydrogens is 264 g/mol. The molecule has 0 spiro atoms. The Bertz CT molecular complexity index is 408. The van der Waals surface area contributed by atoms with Crippen molar-refractivity contribution in [1.29, 1.82) is 0 Å². The maximum absolute atomic E-state index is 9.00. The molecule has 0 aromatic heterocycles. The largest absolute Gasteiger partial charge is 0.494 e. The smallest absolute Gasteiger partial charge is 0.119 e. The van der Waals surface area contributed by atoms with Crippen molar-refractivity contribution in [3.05, 3.63) is 29.8 Å². The molecule has 0 atom stereocenters. The number of aliphatic hydroxyl groups excluding tert-OH is 1. The highest BCUT2D eigenvalue weighted by molar-refractivity contribution is 5.28. The predicted molar refractivity (Wildman–Crippen MR) is 85.4 cm³/mol. The van der Waals surface area contributed by atoms with Gasteiger partial charge in [0.1, 0.15) is 5.75 Å². The Labute approximate surface area is 127 Å². The first-order chi connectivity index (χ1) is 10.3. The van der Waals surface area contributed by atoms with Crippen LogP contribution in [-0.4, -0.2) is 42.4 Å². The van der Waals surface area contributed by atoms with Crippen LogP contribution in [0.1, 0.15) is 37.7 Å². The number of nitrogens with two attached hydrogens (primary N) is 1. The number of hydrogen-bond acceptors (Lipinski definition) is 4. The van der Waals surface area contributed by atoms with Crippen LogP contribution in [0.15, 0.2) is 24.3 Å². The monoisotopic (exact) mass is 292 g/mol. The van der Waals surface area contributed by atoms with Crippen molar-refractivity contribution in [2.45, 2.75) is 44.7 Å². The van der Waals surface area contributed by atoms with Crippen LogP contribution in [0.3, 0.4) is 0 Å². The molecule has 1 aromatic carbocycles. The number of benzene rings is 1. The van der Waals surface area contributed by atoms with Crippen LogP contribution >= 0.6 is 0 Å². The van der Waals surface area contributed by atoms with E-state index in [0.717, 1.165) is 49.9 Å². The zero-order valence-electron chi connectivity index (χ0n) is 12.8. The van der Waals surface area contributed by atoms with E-state index in [1.807, 2.05) is 24.3 Å². The third-order valence-electron chi connectivity index (χ3n) is 4.19. The fourth-order valence-electron chi connectivity index (χ4n) is 2.72. The van der Waals surface area contributed by atoms with Gasteiger partial charge in [0.2, 0.25) is 0 Å². The summed E-state index contributed by atoms with van der Waals surface area (Å²) in [6.07, 6.45) is 5.86. The van der Waals surface area contributed by atoms with E-state index in [4.69, 9.17) is 15.6 Å². The lowest BCUT2D eigenvalue weighted by molar-refractivity contribution is 0.109. The van der Waals surface area contributed by atoms with Crippen LogP contribution in [-0.2, 0) is 6.54 Å². The van der Waals surface area contributed by atoms with Gasteiger partial charge in [-0.15, -0.1) is 0 Å². The van der Waals surface area contributed by atoms with E-state index < -0.39 is 0 Å². The lowest BCUT2D eigenvalue weighted by Crippen LogP contribution is -2.41. The van der Waals surface area contributed by atoms with E-state index in [9.17, 15) is 0 Å². The molecule has 0 heterocycles. The topological polar surface area (TPSA) is 58.7 Å². The number of aliphatic hydroxyl groups is 1. The summed E-state index contributed by atoms with van der Waals surface area (Å²) in [5.74, 6) is 0.906. The van der Waals surface area contributed by atoms with Gasteiger partial charge in [0, 0.05) is 32.3 Å². The molecule has 1 aliphatic rings. The Hall–Kier alpha value is -1.10. The average Bonchev–Trinajstić information content (AvgIpc) is 2.47. The van der Waals surface area contributed by atoms with E-state index in [2.05, 4.69) is 4.90 Å². The van der Waals surface area contributed by atoms with Crippen molar-refractivity contribution < 1.29 is 9.84 Å². The number of hydrogen-bond donors (Lipinski definition) is 2. The van der Waals surface area contributed by atoms with Crippen LogP contribution in [0.5, 0.6) is 5.75 Å². The molecule has 21 heavy (non-hydrogen) atoms. The molecule has 0 aliphatic heterocycles. The summed E-state index contributed by atoms with van der Waals surface area (Å²) in [7, 11) is 0. The van der Waals surface area contributed by atoms with Gasteiger partial charge >= 0.3 is 0 Å². The van der Waals surface area contributed by atoms with E-state index in [-0.39, 0.29) is 6.61 Å². The summed E-state index contributed by atoms with van der Waals surface area (Å²) >= 11 is 0. The Kier molecular flexibility index (Phi) is 7.00. The molecule has 0 radical (unpaired) electrons. The van der Waals surface area contributed by atoms with Crippen molar-refractivity contribution in [3.8, 4) is 5.75 Å². The molecule has 0 bridgehead atoms. The highest BCUT2D eigenvalue weighted by Crippen LogP contribution is 2.25. The molecule has 0 saturated heterocycles. The molecule has 2 rings (SSSR count). The molecule has 1 aromatic rings. The zero-order chi connectivity index (χ0) is 14.9. The van der Waals surface area contributed by atoms with Gasteiger partial charge in [-0.2, -0.15) is 0 Å². The summed E-state index contributed by atoms with van der Waals surface area (Å²) in [5.41, 5.74) is 6.74. The maximum Gasteiger partial charge on any atom is 0.119 e. The van der Waals surface area contributed by atoms with Crippen LogP contribution < -0.4 is 10.5 Å². The summed E-state index contributed by atoms with van der Waals surface area (Å²) in [6.45, 7) is 3.63. The van der Waals surface area contributed by atoms with Gasteiger partial charge in [0.15, 0.2) is 0 Å². The van der Waals surface area contributed by atoms with Gasteiger partial charge in [-0.1, -0.05) is 18.6 Å². The second-order valence-corrected chi connectivity index (χ2v) is 5.75. The molecule has 3 N–H and O–H groups in total. The van der Waals surface area contributed by atoms with E-state index in [1.165, 1.54) is 19.3 Å². The Balaban J connectivity index is 1.68. The quantitative estimate of drug-likeness (QED) is 0.649. The van der Waals surface area contributed by atoms with Crippen molar-refractivity contribution in [2.75, 3.05) is 26.3 Å². The third-order valence-corrected chi connectivity index (χ3v) is 4.19. The fourth-order valence-corrected chi connectivity index (χ4v) is 2.72. The number of ether oxygens (including phenoxy) is 1. The lowest BCUT2D eigenvalue weighted by Gasteiger charge is -2.37. The first-order valence-corrected chi connectivity index (χ1v) is 8.10. The van der Waals surface area contributed by atoms with Gasteiger partial charge < -0.3 is 20.5 Å². The number of rotatable bonds is 10. The summed E-state index contributed by atoms with van der Waals surface area (Å²) < 4.78 is 5.80. The van der Waals surface area contributed by atoms with Gasteiger partial charge in [-0.05, 0) is 43.4 Å². The Morgan fingerprint density at radius 2 is 2.05 bits per heavy atom. The first-order valence-electron chi connectivity index (χ1n) is 8.10.